The number of unbranched alkanes of at least 4 members (excludes halogenated alkanes) is 2. The summed E-state index contributed by atoms with van der Waals surface area (Å²) in [7, 11) is 6.04. The molecule has 30 heteroatoms. The molecule has 2 aliphatic rings. The standard InChI is InChI=1S/C77H120N12O18/c1-18-48(8)66(57(104-16)43-61(93)88-42-26-30-56(88)68(105-17)49(9)69(96)80-50(10)67(95)52-27-21-19-22-28-52)86(14)74(101)64(46(4)5)85-73(100)65(47(6)7)87(15)76(103)106-44-51-32-34-53(35-33-51)81-70(97)54(29-25-40-79-75(78)102)83-72(99)63(45(2)3)84-71(98)55(36-39-62(94)107-77(11,12)13)82-58(90)31-23-20-24-41-89-59(91)37-38-60(89)92/h19,21-22,27-28,32-35,37-38,45-50,54-57,63-68,95H,18,20,23-26,29-31,36,39-44H2,1-17H3,(H,80,96)(H,81,97)(H,82,90)(H,83,99)(H,84,98)(H,85,100)(H3,78,79,102)/t48-,49+,50+,54-,55-,56-,57+,63-,64-,65-,66-,67+,68+/m0/s1. The van der Waals surface area contributed by atoms with Gasteiger partial charge in [-0.3, -0.25) is 62.5 Å². The Morgan fingerprint density at radius 3 is 1.86 bits per heavy atom. The van der Waals surface area contributed by atoms with Crippen LogP contribution in [0.2, 0.25) is 0 Å². The van der Waals surface area contributed by atoms with Crippen molar-refractivity contribution in [1.82, 2.24) is 51.5 Å². The highest BCUT2D eigenvalue weighted by Crippen LogP contribution is 2.31. The summed E-state index contributed by atoms with van der Waals surface area (Å²) in [6.07, 6.45) is 1.76. The lowest BCUT2D eigenvalue weighted by atomic mass is 9.89. The largest absolute Gasteiger partial charge is 0.460 e. The van der Waals surface area contributed by atoms with Crippen molar-refractivity contribution in [1.29, 1.82) is 0 Å². The predicted molar refractivity (Wildman–Crippen MR) is 400 cm³/mol. The molecule has 1 fully saturated rings. The third-order valence-corrected chi connectivity index (χ3v) is 19.4. The molecule has 13 atom stereocenters. The van der Waals surface area contributed by atoms with Crippen LogP contribution >= 0.6 is 0 Å². The summed E-state index contributed by atoms with van der Waals surface area (Å²) in [5.74, 6) is -8.25. The number of methoxy groups -OCH3 is 2. The van der Waals surface area contributed by atoms with E-state index in [0.29, 0.717) is 56.2 Å². The number of nitrogens with two attached hydrogens (primary N) is 1. The Kier molecular flexibility index (Phi) is 36.9. The number of hydrogen-bond donors (Lipinski definition) is 9. The molecule has 2 heterocycles. The molecule has 30 nitrogen and oxygen atoms in total. The van der Waals surface area contributed by atoms with Gasteiger partial charge in [-0.1, -0.05) is 118 Å². The number of ether oxygens (including phenoxy) is 4. The zero-order valence-electron chi connectivity index (χ0n) is 65.7. The number of likely N-dealkylation sites (tertiary alicyclic amines) is 1. The molecule has 2 aliphatic heterocycles. The molecule has 10 N–H and O–H groups in total. The molecule has 107 heavy (non-hydrogen) atoms. The van der Waals surface area contributed by atoms with Crippen molar-refractivity contribution in [2.45, 2.75) is 246 Å². The minimum atomic E-state index is -1.30. The first-order valence-corrected chi connectivity index (χ1v) is 37.3. The van der Waals surface area contributed by atoms with Gasteiger partial charge in [0.05, 0.1) is 48.8 Å². The Labute approximate surface area is 630 Å². The number of aliphatic hydroxyl groups excluding tert-OH is 1. The van der Waals surface area contributed by atoms with E-state index in [0.717, 1.165) is 9.80 Å². The second kappa shape index (κ2) is 43.7. The predicted octanol–water partition coefficient (Wildman–Crippen LogP) is 5.68. The first kappa shape index (κ1) is 90.4. The van der Waals surface area contributed by atoms with E-state index in [9.17, 15) is 67.4 Å². The van der Waals surface area contributed by atoms with Crippen molar-refractivity contribution in [3.63, 3.8) is 0 Å². The Bertz CT molecular complexity index is 3330. The first-order valence-electron chi connectivity index (χ1n) is 37.3. The van der Waals surface area contributed by atoms with E-state index >= 15 is 0 Å². The lowest BCUT2D eigenvalue weighted by molar-refractivity contribution is -0.155. The Balaban J connectivity index is 1.42. The fourth-order valence-corrected chi connectivity index (χ4v) is 13.3. The van der Waals surface area contributed by atoms with Gasteiger partial charge >= 0.3 is 18.1 Å². The summed E-state index contributed by atoms with van der Waals surface area (Å²) in [5, 5.41) is 30.2. The smallest absolute Gasteiger partial charge is 0.410 e. The highest BCUT2D eigenvalue weighted by Gasteiger charge is 2.44. The molecular formula is C77H120N12O18. The number of benzene rings is 2. The molecule has 0 aromatic heterocycles. The number of urea groups is 1. The molecule has 596 valence electrons. The monoisotopic (exact) mass is 1500 g/mol. The second-order valence-electron chi connectivity index (χ2n) is 30.0. The number of carbonyl (C=O) groups excluding carboxylic acids is 13. The average molecular weight is 1500 g/mol. The van der Waals surface area contributed by atoms with Gasteiger partial charge in [-0.25, -0.2) is 9.59 Å². The van der Waals surface area contributed by atoms with Crippen LogP contribution in [0.1, 0.15) is 184 Å². The van der Waals surface area contributed by atoms with Gasteiger partial charge < -0.3 is 76.8 Å². The lowest BCUT2D eigenvalue weighted by Gasteiger charge is -2.41. The van der Waals surface area contributed by atoms with Gasteiger partial charge in [-0.05, 0) is 120 Å². The van der Waals surface area contributed by atoms with E-state index in [1.165, 1.54) is 50.5 Å². The van der Waals surface area contributed by atoms with Gasteiger partial charge in [0.2, 0.25) is 47.3 Å². The molecule has 13 amide bonds. The summed E-state index contributed by atoms with van der Waals surface area (Å²) in [6.45, 7) is 23.2. The minimum absolute atomic E-state index is 0.0146. The summed E-state index contributed by atoms with van der Waals surface area (Å²) in [4.78, 5) is 181. The van der Waals surface area contributed by atoms with Crippen LogP contribution in [-0.2, 0) is 78.3 Å². The molecule has 2 aromatic carbocycles. The van der Waals surface area contributed by atoms with Crippen LogP contribution in [0.25, 0.3) is 0 Å². The van der Waals surface area contributed by atoms with Crippen molar-refractivity contribution >= 4 is 82.9 Å². The van der Waals surface area contributed by atoms with Gasteiger partial charge in [0.1, 0.15) is 42.4 Å². The van der Waals surface area contributed by atoms with Crippen LogP contribution in [0.3, 0.4) is 0 Å². The Morgan fingerprint density at radius 1 is 0.673 bits per heavy atom. The number of primary amides is 1. The van der Waals surface area contributed by atoms with E-state index in [1.54, 1.807) is 112 Å². The van der Waals surface area contributed by atoms with Crippen molar-refractivity contribution in [3.05, 3.63) is 77.9 Å². The average Bonchev–Trinajstić information content (AvgIpc) is 1.65. The molecule has 0 aliphatic carbocycles. The van der Waals surface area contributed by atoms with Crippen molar-refractivity contribution in [2.24, 2.45) is 35.3 Å². The van der Waals surface area contributed by atoms with E-state index in [4.69, 9.17) is 24.7 Å². The van der Waals surface area contributed by atoms with Gasteiger partial charge in [0, 0.05) is 78.6 Å². The third kappa shape index (κ3) is 28.2. The maximum absolute atomic E-state index is 14.9. The van der Waals surface area contributed by atoms with Crippen LogP contribution in [0.15, 0.2) is 66.7 Å². The zero-order valence-corrected chi connectivity index (χ0v) is 65.7. The lowest BCUT2D eigenvalue weighted by Crippen LogP contribution is -2.60. The Hall–Kier alpha value is -9.03. The van der Waals surface area contributed by atoms with Crippen molar-refractivity contribution in [2.75, 3.05) is 53.3 Å². The number of esters is 1. The number of anilines is 1. The van der Waals surface area contributed by atoms with Crippen LogP contribution in [0, 0.1) is 29.6 Å². The number of imide groups is 1. The van der Waals surface area contributed by atoms with Gasteiger partial charge in [-0.2, -0.15) is 0 Å². The molecule has 0 unspecified atom stereocenters. The summed E-state index contributed by atoms with van der Waals surface area (Å²) < 4.78 is 23.2. The highest BCUT2D eigenvalue weighted by molar-refractivity contribution is 6.12. The number of likely N-dealkylation sites (N-methyl/N-ethyl adjacent to an activating group) is 2. The van der Waals surface area contributed by atoms with Crippen LogP contribution in [0.5, 0.6) is 0 Å². The van der Waals surface area contributed by atoms with E-state index in [1.807, 2.05) is 32.0 Å². The number of aliphatic hydroxyl groups is 1. The fourth-order valence-electron chi connectivity index (χ4n) is 13.3. The molecule has 0 bridgehead atoms. The van der Waals surface area contributed by atoms with Crippen molar-refractivity contribution in [3.8, 4) is 0 Å². The number of nitrogens with one attached hydrogen (secondary N) is 7. The summed E-state index contributed by atoms with van der Waals surface area (Å²) in [6, 6.07) is 6.72. The minimum Gasteiger partial charge on any atom is -0.460 e. The van der Waals surface area contributed by atoms with E-state index < -0.39 is 161 Å². The number of carbonyl (C=O) groups is 13. The zero-order chi connectivity index (χ0) is 80.2. The normalized spacial score (nSPS) is 17.1. The number of nitrogens with zero attached hydrogens (tertiary/aromatic N) is 4. The van der Waals surface area contributed by atoms with E-state index in [-0.39, 0.29) is 81.6 Å². The first-order chi connectivity index (χ1) is 50.3. The molecule has 0 saturated carbocycles. The second-order valence-corrected chi connectivity index (χ2v) is 30.0. The molecule has 0 spiro atoms. The quantitative estimate of drug-likeness (QED) is 0.0219. The van der Waals surface area contributed by atoms with Gasteiger partial charge in [0.25, 0.3) is 11.8 Å². The molecule has 0 radical (unpaired) electrons. The van der Waals surface area contributed by atoms with Gasteiger partial charge in [0.15, 0.2) is 0 Å². The SMILES string of the molecule is CC[C@H](C)[C@@H]([C@@H](CC(=O)N1CCC[C@H]1[C@H](OC)[C@@H](C)C(=O)N[C@H](C)[C@@H](O)c1ccccc1)OC)N(C)C(=O)[C@@H](NC(=O)[C@H](C(C)C)N(C)C(=O)OCc1ccc(NC(=O)[C@H](CCCNC(N)=O)NC(=O)[C@@H](NC(=O)[C@H](CCC(=O)OC(C)(C)C)NC(=O)CCCCCN2C(=O)C=CC2=O)C(C)C)cc1)C(C)C. The number of hydrogen-bond acceptors (Lipinski definition) is 18. The highest BCUT2D eigenvalue weighted by atomic mass is 16.6. The fraction of sp³-hybridized carbons (Fsp3) is 0.649. The maximum Gasteiger partial charge on any atom is 0.410 e. The number of amides is 13. The maximum atomic E-state index is 14.9. The summed E-state index contributed by atoms with van der Waals surface area (Å²) >= 11 is 0. The van der Waals surface area contributed by atoms with Crippen LogP contribution in [-0.4, -0.2) is 216 Å². The van der Waals surface area contributed by atoms with Gasteiger partial charge in [-0.15, -0.1) is 0 Å². The molecular weight excluding hydrogens is 1380 g/mol. The molecule has 2 aromatic rings. The summed E-state index contributed by atoms with van der Waals surface area (Å²) in [5.41, 5.74) is 5.87. The van der Waals surface area contributed by atoms with E-state index in [2.05, 4.69) is 37.2 Å². The molecule has 1 saturated heterocycles. The third-order valence-electron chi connectivity index (χ3n) is 19.4. The Morgan fingerprint density at radius 2 is 1.29 bits per heavy atom. The number of rotatable bonds is 43. The topological polar surface area (TPSA) is 402 Å². The molecule has 4 rings (SSSR count). The van der Waals surface area contributed by atoms with Crippen LogP contribution < -0.4 is 43.0 Å². The van der Waals surface area contributed by atoms with Crippen molar-refractivity contribution < 1.29 is 86.4 Å². The van der Waals surface area contributed by atoms with Crippen LogP contribution in [0.4, 0.5) is 15.3 Å².